The van der Waals surface area contributed by atoms with Crippen LogP contribution in [-0.2, 0) is 29.0 Å². The van der Waals surface area contributed by atoms with Crippen molar-refractivity contribution >= 4 is 39.4 Å². The van der Waals surface area contributed by atoms with Crippen molar-refractivity contribution in [1.29, 1.82) is 0 Å². The fourth-order valence-corrected chi connectivity index (χ4v) is 11.9. The molecule has 1 heterocycles. The molecule has 0 aromatic rings. The van der Waals surface area contributed by atoms with Crippen LogP contribution < -0.4 is 21.3 Å². The van der Waals surface area contributed by atoms with Gasteiger partial charge in [0.2, 0.25) is 17.6 Å². The van der Waals surface area contributed by atoms with Crippen LogP contribution in [-0.4, -0.2) is 89.6 Å². The smallest absolute Gasteiger partial charge is 0.315 e. The monoisotopic (exact) mass is 761 g/mol. The Morgan fingerprint density at radius 1 is 0.868 bits per heavy atom. The second-order valence-electron chi connectivity index (χ2n) is 19.0. The number of likely N-dealkylation sites (tertiary alicyclic amines) is 1. The minimum absolute atomic E-state index is 0.0776. The SMILES string of the molecule is CCNC(=O)C(=O)[C@H](CCC1CC1)NC(=O)[C@@H]1[C@@H]2[C@H](CN1C(=O)[C@@H](NC(=O)NC1([C@H](C)S(=O)(=O)C(C)(C)C)CCCCC1)C1(C)CCCCC1)C2(C)C. The number of sulfone groups is 1. The summed E-state index contributed by atoms with van der Waals surface area (Å²) in [5.74, 6) is -1.72. The normalized spacial score (nSPS) is 27.7. The highest BCUT2D eigenvalue weighted by Gasteiger charge is 2.70. The molecule has 4 saturated carbocycles. The molecule has 5 amide bonds. The number of carbonyl (C=O) groups excluding carboxylic acids is 5. The highest BCUT2D eigenvalue weighted by atomic mass is 32.2. The molecule has 13 heteroatoms. The molecule has 0 radical (unpaired) electrons. The minimum Gasteiger partial charge on any atom is -0.350 e. The standard InChI is InChI=1S/C40H67N5O7S/c1-9-41-34(48)31(46)28(19-18-26-16-17-26)42-33(47)30-29-27(38(29,6)7)24-45(30)35(49)32(39(8)20-12-10-13-21-39)43-36(50)44-40(22-14-11-15-23-40)25(2)53(51,52)37(3,4)5/h25-30,32H,9-24H2,1-8H3,(H,41,48)(H,42,47)(H2,43,44,50)/t25-,27-,28-,29-,30-,32+/m0/s1. The molecule has 53 heavy (non-hydrogen) atoms. The Kier molecular flexibility index (Phi) is 12.1. The molecule has 300 valence electrons. The van der Waals surface area contributed by atoms with Gasteiger partial charge in [0.1, 0.15) is 12.1 Å². The van der Waals surface area contributed by atoms with E-state index < -0.39 is 72.5 Å². The summed E-state index contributed by atoms with van der Waals surface area (Å²) in [5.41, 5.74) is -1.76. The van der Waals surface area contributed by atoms with E-state index in [0.29, 0.717) is 38.3 Å². The molecule has 5 rings (SSSR count). The number of amides is 5. The topological polar surface area (TPSA) is 171 Å². The van der Waals surface area contributed by atoms with E-state index in [2.05, 4.69) is 35.1 Å². The van der Waals surface area contributed by atoms with Crippen LogP contribution in [0.5, 0.6) is 0 Å². The summed E-state index contributed by atoms with van der Waals surface area (Å²) < 4.78 is 26.6. The summed E-state index contributed by atoms with van der Waals surface area (Å²) >= 11 is 0. The molecule has 0 aromatic carbocycles. The average Bonchev–Trinajstić information content (AvgIpc) is 3.96. The highest BCUT2D eigenvalue weighted by Crippen LogP contribution is 2.65. The summed E-state index contributed by atoms with van der Waals surface area (Å²) in [6.45, 7) is 15.4. The van der Waals surface area contributed by atoms with Crippen molar-refractivity contribution in [2.75, 3.05) is 13.1 Å². The van der Waals surface area contributed by atoms with Crippen molar-refractivity contribution in [3.05, 3.63) is 0 Å². The number of carbonyl (C=O) groups is 5. The molecule has 1 saturated heterocycles. The zero-order valence-corrected chi connectivity index (χ0v) is 34.4. The number of piperidine rings is 1. The molecule has 0 spiro atoms. The Labute approximate surface area is 317 Å². The van der Waals surface area contributed by atoms with Gasteiger partial charge in [-0.05, 0) is 102 Å². The largest absolute Gasteiger partial charge is 0.350 e. The van der Waals surface area contributed by atoms with Crippen LogP contribution in [0.4, 0.5) is 4.79 Å². The maximum Gasteiger partial charge on any atom is 0.315 e. The molecule has 0 bridgehead atoms. The third-order valence-corrected chi connectivity index (χ3v) is 17.0. The Hall–Kier alpha value is -2.70. The van der Waals surface area contributed by atoms with Gasteiger partial charge in [-0.3, -0.25) is 19.2 Å². The van der Waals surface area contributed by atoms with Gasteiger partial charge in [-0.2, -0.15) is 0 Å². The van der Waals surface area contributed by atoms with Crippen LogP contribution in [0.3, 0.4) is 0 Å². The van der Waals surface area contributed by atoms with Crippen LogP contribution in [0.25, 0.3) is 0 Å². The number of rotatable bonds is 14. The number of urea groups is 1. The summed E-state index contributed by atoms with van der Waals surface area (Å²) in [5, 5.41) is 10.9. The summed E-state index contributed by atoms with van der Waals surface area (Å²) in [7, 11) is -3.64. The van der Waals surface area contributed by atoms with Crippen molar-refractivity contribution in [1.82, 2.24) is 26.2 Å². The number of nitrogens with one attached hydrogen (secondary N) is 4. The van der Waals surface area contributed by atoms with E-state index in [4.69, 9.17) is 0 Å². The number of hydrogen-bond donors (Lipinski definition) is 4. The van der Waals surface area contributed by atoms with Crippen LogP contribution in [0.2, 0.25) is 0 Å². The van der Waals surface area contributed by atoms with Crippen LogP contribution >= 0.6 is 0 Å². The van der Waals surface area contributed by atoms with E-state index in [1.165, 1.54) is 0 Å². The summed E-state index contributed by atoms with van der Waals surface area (Å²) in [4.78, 5) is 71.1. The fraction of sp³-hybridized carbons (Fsp3) is 0.875. The molecule has 1 aliphatic heterocycles. The predicted molar refractivity (Wildman–Crippen MR) is 204 cm³/mol. The zero-order valence-electron chi connectivity index (χ0n) is 33.6. The molecule has 4 aliphatic carbocycles. The van der Waals surface area contributed by atoms with Gasteiger partial charge in [-0.1, -0.05) is 72.1 Å². The molecule has 0 unspecified atom stereocenters. The quantitative estimate of drug-likeness (QED) is 0.185. The number of nitrogens with zero attached hydrogens (tertiary/aromatic N) is 1. The van der Waals surface area contributed by atoms with Crippen molar-refractivity contribution in [2.24, 2.45) is 28.6 Å². The first-order valence-electron chi connectivity index (χ1n) is 20.5. The molecule has 4 N–H and O–H groups in total. The third kappa shape index (κ3) is 8.44. The molecule has 12 nitrogen and oxygen atoms in total. The molecular weight excluding hydrogens is 695 g/mol. The minimum atomic E-state index is -3.64. The number of hydrogen-bond acceptors (Lipinski definition) is 7. The Balaban J connectivity index is 1.41. The number of Topliss-reactive ketones (excluding diaryl/α,β-unsaturated/α-hetero) is 1. The second kappa shape index (κ2) is 15.4. The van der Waals surface area contributed by atoms with E-state index in [1.807, 2.05) is 6.92 Å². The second-order valence-corrected chi connectivity index (χ2v) is 22.0. The highest BCUT2D eigenvalue weighted by molar-refractivity contribution is 7.93. The fourth-order valence-electron chi connectivity index (χ4n) is 9.94. The van der Waals surface area contributed by atoms with Gasteiger partial charge in [-0.25, -0.2) is 13.2 Å². The lowest BCUT2D eigenvalue weighted by molar-refractivity contribution is -0.146. The molecule has 5 fully saturated rings. The van der Waals surface area contributed by atoms with Crippen molar-refractivity contribution in [3.8, 4) is 0 Å². The Morgan fingerprint density at radius 3 is 2.00 bits per heavy atom. The summed E-state index contributed by atoms with van der Waals surface area (Å²) in [6, 6.07) is -3.35. The Bertz CT molecular complexity index is 1520. The van der Waals surface area contributed by atoms with E-state index in [9.17, 15) is 32.4 Å². The van der Waals surface area contributed by atoms with Crippen molar-refractivity contribution in [2.45, 2.75) is 179 Å². The first kappa shape index (κ1) is 41.5. The lowest BCUT2D eigenvalue weighted by Gasteiger charge is -2.46. The lowest BCUT2D eigenvalue weighted by Crippen LogP contribution is -2.66. The van der Waals surface area contributed by atoms with E-state index in [1.54, 1.807) is 39.5 Å². The van der Waals surface area contributed by atoms with Crippen molar-refractivity contribution in [3.63, 3.8) is 0 Å². The van der Waals surface area contributed by atoms with Crippen LogP contribution in [0, 0.1) is 28.6 Å². The average molecular weight is 762 g/mol. The van der Waals surface area contributed by atoms with Crippen LogP contribution in [0.15, 0.2) is 0 Å². The Morgan fingerprint density at radius 2 is 1.45 bits per heavy atom. The van der Waals surface area contributed by atoms with Crippen molar-refractivity contribution < 1.29 is 32.4 Å². The van der Waals surface area contributed by atoms with Crippen LogP contribution in [0.1, 0.15) is 145 Å². The van der Waals surface area contributed by atoms with Gasteiger partial charge in [0.15, 0.2) is 9.84 Å². The van der Waals surface area contributed by atoms with Gasteiger partial charge >= 0.3 is 6.03 Å². The third-order valence-electron chi connectivity index (χ3n) is 13.9. The molecule has 5 aliphatic rings. The van der Waals surface area contributed by atoms with Gasteiger partial charge in [0.05, 0.1) is 21.6 Å². The maximum absolute atomic E-state index is 15.0. The first-order valence-corrected chi connectivity index (χ1v) is 22.0. The van der Waals surface area contributed by atoms with Gasteiger partial charge < -0.3 is 26.2 Å². The molecule has 0 aromatic heterocycles. The predicted octanol–water partition coefficient (Wildman–Crippen LogP) is 4.79. The summed E-state index contributed by atoms with van der Waals surface area (Å²) in [6.07, 6.45) is 11.1. The first-order chi connectivity index (χ1) is 24.7. The van der Waals surface area contributed by atoms with E-state index >= 15 is 0 Å². The van der Waals surface area contributed by atoms with Gasteiger partial charge in [0.25, 0.3) is 5.91 Å². The van der Waals surface area contributed by atoms with E-state index in [-0.39, 0.29) is 23.2 Å². The lowest BCUT2D eigenvalue weighted by atomic mass is 9.70. The number of likely N-dealkylation sites (N-methyl/N-ethyl adjacent to an activating group) is 1. The number of ketones is 1. The van der Waals surface area contributed by atoms with Gasteiger partial charge in [0, 0.05) is 13.1 Å². The van der Waals surface area contributed by atoms with Gasteiger partial charge in [-0.15, -0.1) is 0 Å². The maximum atomic E-state index is 15.0. The number of fused-ring (bicyclic) bond motifs is 1. The zero-order chi connectivity index (χ0) is 39.1. The van der Waals surface area contributed by atoms with E-state index in [0.717, 1.165) is 70.6 Å². The molecular formula is C40H67N5O7S. The molecule has 6 atom stereocenters.